The molecule has 140 valence electrons. The Labute approximate surface area is 165 Å². The van der Waals surface area contributed by atoms with Gasteiger partial charge in [-0.1, -0.05) is 29.8 Å². The van der Waals surface area contributed by atoms with Crippen molar-refractivity contribution in [2.75, 3.05) is 5.32 Å². The second-order valence-electron chi connectivity index (χ2n) is 6.29. The van der Waals surface area contributed by atoms with Gasteiger partial charge in [-0.05, 0) is 31.2 Å². The van der Waals surface area contributed by atoms with E-state index in [9.17, 15) is 9.90 Å². The maximum absolute atomic E-state index is 12.9. The second-order valence-corrected chi connectivity index (χ2v) is 6.68. The van der Waals surface area contributed by atoms with Crippen molar-refractivity contribution in [2.45, 2.75) is 13.5 Å². The third-order valence-electron chi connectivity index (χ3n) is 4.30. The van der Waals surface area contributed by atoms with Crippen molar-refractivity contribution in [3.63, 3.8) is 0 Å². The van der Waals surface area contributed by atoms with Crippen molar-refractivity contribution in [2.24, 2.45) is 0 Å². The SMILES string of the molecule is Cc1cccc(NC(=O)c2c(O)n(Cc3ccc(Cl)nc3)c3cccc[n+]23)n1. The summed E-state index contributed by atoms with van der Waals surface area (Å²) in [5.41, 5.74) is 2.42. The Morgan fingerprint density at radius 3 is 2.82 bits per heavy atom. The van der Waals surface area contributed by atoms with Gasteiger partial charge >= 0.3 is 11.8 Å². The summed E-state index contributed by atoms with van der Waals surface area (Å²) in [6, 6.07) is 14.3. The first-order chi connectivity index (χ1) is 13.5. The minimum absolute atomic E-state index is 0.126. The smallest absolute Gasteiger partial charge is 0.337 e. The van der Waals surface area contributed by atoms with E-state index in [-0.39, 0.29) is 11.6 Å². The van der Waals surface area contributed by atoms with Crippen LogP contribution in [0.4, 0.5) is 5.82 Å². The molecular formula is C20H17ClN5O2+. The average Bonchev–Trinajstić information content (AvgIpc) is 2.95. The molecular weight excluding hydrogens is 378 g/mol. The number of hydrogen-bond acceptors (Lipinski definition) is 4. The normalized spacial score (nSPS) is 10.9. The first-order valence-electron chi connectivity index (χ1n) is 8.60. The van der Waals surface area contributed by atoms with Crippen LogP contribution in [0.25, 0.3) is 5.65 Å². The molecule has 0 atom stereocenters. The number of nitrogens with zero attached hydrogens (tertiary/aromatic N) is 4. The monoisotopic (exact) mass is 394 g/mol. The number of carbonyl (C=O) groups is 1. The molecule has 0 radical (unpaired) electrons. The molecule has 0 saturated carbocycles. The lowest BCUT2D eigenvalue weighted by Crippen LogP contribution is -2.30. The third-order valence-corrected chi connectivity index (χ3v) is 4.52. The molecule has 0 unspecified atom stereocenters. The molecule has 7 nitrogen and oxygen atoms in total. The standard InChI is InChI=1S/C20H16ClN5O2/c1-13-5-4-6-16(23-13)24-19(27)18-20(28)26(17-7-2-3-10-25(17)18)12-14-8-9-15(21)22-11-14/h2-11H,12H2,1H3,(H-,23,24,27,28)/p+1. The zero-order chi connectivity index (χ0) is 19.7. The van der Waals surface area contributed by atoms with Crippen LogP contribution < -0.4 is 9.72 Å². The second kappa shape index (κ2) is 7.28. The first-order valence-corrected chi connectivity index (χ1v) is 8.98. The van der Waals surface area contributed by atoms with Crippen molar-refractivity contribution >= 4 is 29.0 Å². The van der Waals surface area contributed by atoms with Gasteiger partial charge in [-0.3, -0.25) is 4.79 Å². The van der Waals surface area contributed by atoms with Crippen LogP contribution in [0, 0.1) is 6.92 Å². The van der Waals surface area contributed by atoms with Crippen LogP contribution in [0.2, 0.25) is 5.15 Å². The van der Waals surface area contributed by atoms with Gasteiger partial charge in [-0.25, -0.2) is 9.97 Å². The minimum atomic E-state index is -0.454. The number of rotatable bonds is 4. The molecule has 4 rings (SSSR count). The molecule has 0 bridgehead atoms. The number of pyridine rings is 3. The van der Waals surface area contributed by atoms with E-state index >= 15 is 0 Å². The zero-order valence-electron chi connectivity index (χ0n) is 15.0. The van der Waals surface area contributed by atoms with Crippen LogP contribution in [-0.4, -0.2) is 25.5 Å². The van der Waals surface area contributed by atoms with Crippen molar-refractivity contribution in [3.8, 4) is 5.88 Å². The highest BCUT2D eigenvalue weighted by molar-refractivity contribution is 6.29. The maximum Gasteiger partial charge on any atom is 0.337 e. The first kappa shape index (κ1) is 17.9. The quantitative estimate of drug-likeness (QED) is 0.411. The molecule has 0 saturated heterocycles. The number of nitrogens with one attached hydrogen (secondary N) is 1. The summed E-state index contributed by atoms with van der Waals surface area (Å²) < 4.78 is 3.29. The number of aromatic hydroxyl groups is 1. The van der Waals surface area contributed by atoms with Crippen LogP contribution >= 0.6 is 11.6 Å². The number of amides is 1. The lowest BCUT2D eigenvalue weighted by Gasteiger charge is -2.02. The zero-order valence-corrected chi connectivity index (χ0v) is 15.8. The molecule has 2 N–H and O–H groups in total. The molecule has 28 heavy (non-hydrogen) atoms. The van der Waals surface area contributed by atoms with Gasteiger partial charge in [0.25, 0.3) is 11.3 Å². The third kappa shape index (κ3) is 3.39. The minimum Gasteiger partial charge on any atom is -0.474 e. The van der Waals surface area contributed by atoms with E-state index in [0.29, 0.717) is 23.2 Å². The lowest BCUT2D eigenvalue weighted by molar-refractivity contribution is -0.513. The number of fused-ring (bicyclic) bond motifs is 1. The number of halogens is 1. The highest BCUT2D eigenvalue weighted by Gasteiger charge is 2.31. The highest BCUT2D eigenvalue weighted by Crippen LogP contribution is 2.21. The number of anilines is 1. The Kier molecular flexibility index (Phi) is 4.67. The van der Waals surface area contributed by atoms with Crippen molar-refractivity contribution in [3.05, 3.63) is 83.0 Å². The molecule has 0 spiro atoms. The van der Waals surface area contributed by atoms with Crippen LogP contribution in [0.15, 0.2) is 60.9 Å². The van der Waals surface area contributed by atoms with Crippen LogP contribution in [0.1, 0.15) is 21.7 Å². The van der Waals surface area contributed by atoms with Gasteiger partial charge < -0.3 is 10.4 Å². The van der Waals surface area contributed by atoms with Crippen molar-refractivity contribution < 1.29 is 14.3 Å². The number of hydrogen-bond donors (Lipinski definition) is 2. The summed E-state index contributed by atoms with van der Waals surface area (Å²) in [4.78, 5) is 21.2. The number of aryl methyl sites for hydroxylation is 1. The van der Waals surface area contributed by atoms with Crippen LogP contribution in [0.5, 0.6) is 5.88 Å². The summed E-state index contributed by atoms with van der Waals surface area (Å²) in [5, 5.41) is 14.0. The summed E-state index contributed by atoms with van der Waals surface area (Å²) in [6.45, 7) is 2.17. The van der Waals surface area contributed by atoms with Gasteiger partial charge in [0.05, 0.1) is 6.20 Å². The van der Waals surface area contributed by atoms with Gasteiger partial charge in [-0.15, -0.1) is 0 Å². The van der Waals surface area contributed by atoms with E-state index in [1.165, 1.54) is 0 Å². The van der Waals surface area contributed by atoms with E-state index < -0.39 is 5.91 Å². The van der Waals surface area contributed by atoms with Gasteiger partial charge in [-0.2, -0.15) is 8.97 Å². The predicted octanol–water partition coefficient (Wildman–Crippen LogP) is 2.98. The van der Waals surface area contributed by atoms with Gasteiger partial charge in [0.15, 0.2) is 0 Å². The Hall–Kier alpha value is -3.45. The van der Waals surface area contributed by atoms with Crippen LogP contribution in [-0.2, 0) is 6.54 Å². The fourth-order valence-electron chi connectivity index (χ4n) is 3.02. The average molecular weight is 395 g/mol. The van der Waals surface area contributed by atoms with E-state index in [2.05, 4.69) is 15.3 Å². The molecule has 0 aliphatic heterocycles. The number of imidazole rings is 1. The van der Waals surface area contributed by atoms with E-state index in [0.717, 1.165) is 11.3 Å². The van der Waals surface area contributed by atoms with E-state index in [1.54, 1.807) is 39.6 Å². The van der Waals surface area contributed by atoms with Crippen molar-refractivity contribution in [1.29, 1.82) is 0 Å². The summed E-state index contributed by atoms with van der Waals surface area (Å²) in [5.74, 6) is -0.181. The highest BCUT2D eigenvalue weighted by atomic mass is 35.5. The Morgan fingerprint density at radius 2 is 2.07 bits per heavy atom. The maximum atomic E-state index is 12.9. The van der Waals surface area contributed by atoms with Crippen LogP contribution in [0.3, 0.4) is 0 Å². The molecule has 4 aromatic heterocycles. The molecule has 0 aliphatic rings. The molecule has 1 amide bonds. The van der Waals surface area contributed by atoms with Crippen molar-refractivity contribution in [1.82, 2.24) is 14.5 Å². The predicted molar refractivity (Wildman–Crippen MR) is 105 cm³/mol. The largest absolute Gasteiger partial charge is 0.474 e. The molecule has 8 heteroatoms. The fourth-order valence-corrected chi connectivity index (χ4v) is 3.14. The summed E-state index contributed by atoms with van der Waals surface area (Å²) in [6.07, 6.45) is 3.36. The fraction of sp³-hybridized carbons (Fsp3) is 0.100. The number of carbonyl (C=O) groups excluding carboxylic acids is 1. The topological polar surface area (TPSA) is 84.1 Å². The van der Waals surface area contributed by atoms with Gasteiger partial charge in [0.1, 0.15) is 17.5 Å². The Morgan fingerprint density at radius 1 is 1.21 bits per heavy atom. The Balaban J connectivity index is 1.75. The molecule has 4 heterocycles. The lowest BCUT2D eigenvalue weighted by atomic mass is 10.3. The summed E-state index contributed by atoms with van der Waals surface area (Å²) in [7, 11) is 0. The summed E-state index contributed by atoms with van der Waals surface area (Å²) >= 11 is 5.84. The molecule has 0 aromatic carbocycles. The molecule has 4 aromatic rings. The molecule has 0 aliphatic carbocycles. The van der Waals surface area contributed by atoms with Gasteiger partial charge in [0, 0.05) is 23.5 Å². The van der Waals surface area contributed by atoms with Gasteiger partial charge in [0.2, 0.25) is 0 Å². The van der Waals surface area contributed by atoms with E-state index in [4.69, 9.17) is 11.6 Å². The number of aromatic nitrogens is 4. The Bertz CT molecular complexity index is 1170. The molecule has 0 fully saturated rings. The van der Waals surface area contributed by atoms with E-state index in [1.807, 2.05) is 37.3 Å².